The van der Waals surface area contributed by atoms with Gasteiger partial charge in [-0.25, -0.2) is 0 Å². The van der Waals surface area contributed by atoms with Crippen molar-refractivity contribution in [3.05, 3.63) is 53.6 Å². The number of nitriles is 1. The van der Waals surface area contributed by atoms with Crippen molar-refractivity contribution in [3.8, 4) is 17.6 Å². The van der Waals surface area contributed by atoms with E-state index < -0.39 is 0 Å². The Morgan fingerprint density at radius 1 is 1.07 bits per heavy atom. The van der Waals surface area contributed by atoms with Gasteiger partial charge in [0.25, 0.3) is 5.91 Å². The average molecular weight is 381 g/mol. The number of nitrogens with one attached hydrogen (secondary N) is 1. The van der Waals surface area contributed by atoms with Gasteiger partial charge in [-0.1, -0.05) is 6.07 Å². The van der Waals surface area contributed by atoms with Crippen molar-refractivity contribution in [3.63, 3.8) is 0 Å². The minimum Gasteiger partial charge on any atom is -0.490 e. The Hall–Kier alpha value is -3.53. The first kappa shape index (κ1) is 20.8. The monoisotopic (exact) mass is 381 g/mol. The van der Waals surface area contributed by atoms with Crippen LogP contribution in [0.3, 0.4) is 0 Å². The second kappa shape index (κ2) is 9.97. The van der Waals surface area contributed by atoms with E-state index in [2.05, 4.69) is 5.32 Å². The average Bonchev–Trinajstić information content (AvgIpc) is 2.69. The number of anilines is 1. The molecule has 0 unspecified atom stereocenters. The van der Waals surface area contributed by atoms with Crippen molar-refractivity contribution in [2.24, 2.45) is 0 Å². The van der Waals surface area contributed by atoms with E-state index in [1.165, 1.54) is 18.0 Å². The Morgan fingerprint density at radius 2 is 1.79 bits per heavy atom. The van der Waals surface area contributed by atoms with Gasteiger partial charge in [0.05, 0.1) is 31.4 Å². The van der Waals surface area contributed by atoms with Gasteiger partial charge in [0.15, 0.2) is 11.5 Å². The molecule has 0 aromatic heterocycles. The lowest BCUT2D eigenvalue weighted by atomic mass is 10.1. The molecule has 0 atom stereocenters. The first-order valence-electron chi connectivity index (χ1n) is 8.93. The second-order valence-corrected chi connectivity index (χ2v) is 5.93. The molecule has 0 radical (unpaired) electrons. The maximum Gasteiger partial charge on any atom is 0.254 e. The van der Waals surface area contributed by atoms with Crippen LogP contribution in [-0.4, -0.2) is 43.5 Å². The molecule has 0 fully saturated rings. The molecule has 0 aliphatic rings. The van der Waals surface area contributed by atoms with E-state index in [1.54, 1.807) is 36.4 Å². The van der Waals surface area contributed by atoms with Crippen molar-refractivity contribution in [2.45, 2.75) is 13.8 Å². The number of carbonyl (C=O) groups is 2. The summed E-state index contributed by atoms with van der Waals surface area (Å²) in [4.78, 5) is 26.1. The van der Waals surface area contributed by atoms with Crippen LogP contribution in [0.4, 0.5) is 5.69 Å². The van der Waals surface area contributed by atoms with E-state index in [1.807, 2.05) is 19.9 Å². The molecular weight excluding hydrogens is 358 g/mol. The van der Waals surface area contributed by atoms with Crippen molar-refractivity contribution >= 4 is 17.5 Å². The fourth-order valence-electron chi connectivity index (χ4n) is 2.56. The molecule has 0 aliphatic heterocycles. The first-order valence-corrected chi connectivity index (χ1v) is 8.93. The van der Waals surface area contributed by atoms with Gasteiger partial charge in [-0.15, -0.1) is 0 Å². The highest BCUT2D eigenvalue weighted by Crippen LogP contribution is 2.30. The highest BCUT2D eigenvalue weighted by atomic mass is 16.5. The van der Waals surface area contributed by atoms with Gasteiger partial charge >= 0.3 is 0 Å². The van der Waals surface area contributed by atoms with Crippen LogP contribution in [0.25, 0.3) is 0 Å². The Kier molecular flexibility index (Phi) is 7.40. The summed E-state index contributed by atoms with van der Waals surface area (Å²) in [6, 6.07) is 13.5. The largest absolute Gasteiger partial charge is 0.490 e. The van der Waals surface area contributed by atoms with Gasteiger partial charge in [0.1, 0.15) is 0 Å². The number of hydrogen-bond donors (Lipinski definition) is 1. The predicted octanol–water partition coefficient (Wildman–Crippen LogP) is 3.07. The number of hydrogen-bond acceptors (Lipinski definition) is 5. The molecule has 0 spiro atoms. The van der Waals surface area contributed by atoms with Crippen molar-refractivity contribution in [1.29, 1.82) is 5.26 Å². The molecule has 7 nitrogen and oxygen atoms in total. The lowest BCUT2D eigenvalue weighted by molar-refractivity contribution is -0.116. The van der Waals surface area contributed by atoms with Gasteiger partial charge in [-0.05, 0) is 44.2 Å². The smallest absolute Gasteiger partial charge is 0.254 e. The summed E-state index contributed by atoms with van der Waals surface area (Å²) in [5.41, 5.74) is 1.29. The molecule has 0 saturated carbocycles. The first-order chi connectivity index (χ1) is 13.5. The molecular formula is C21H23N3O4. The maximum atomic E-state index is 12.5. The number of nitrogens with zero attached hydrogens (tertiary/aromatic N) is 2. The molecule has 0 saturated heterocycles. The standard InChI is InChI=1S/C21H23N3O4/c1-4-27-18-10-9-17(12-19(18)28-5-2)23-20(25)14-24(3)21(26)16-8-6-7-15(11-16)13-22/h6-12H,4-5,14H2,1-3H3,(H,23,25). The van der Waals surface area contributed by atoms with Crippen molar-refractivity contribution in [2.75, 3.05) is 32.1 Å². The molecule has 7 heteroatoms. The summed E-state index contributed by atoms with van der Waals surface area (Å²) < 4.78 is 11.0. The minimum absolute atomic E-state index is 0.132. The Labute approximate surface area is 164 Å². The van der Waals surface area contributed by atoms with Crippen molar-refractivity contribution in [1.82, 2.24) is 4.90 Å². The number of benzene rings is 2. The van der Waals surface area contributed by atoms with Crippen molar-refractivity contribution < 1.29 is 19.1 Å². The number of carbonyl (C=O) groups excluding carboxylic acids is 2. The summed E-state index contributed by atoms with van der Waals surface area (Å²) in [5.74, 6) is 0.458. The van der Waals surface area contributed by atoms with E-state index in [9.17, 15) is 9.59 Å². The van der Waals surface area contributed by atoms with Gasteiger partial charge in [-0.2, -0.15) is 5.26 Å². The SMILES string of the molecule is CCOc1ccc(NC(=O)CN(C)C(=O)c2cccc(C#N)c2)cc1OCC. The van der Waals surface area contributed by atoms with Crippen LogP contribution < -0.4 is 14.8 Å². The predicted molar refractivity (Wildman–Crippen MR) is 106 cm³/mol. The Bertz CT molecular complexity index is 889. The zero-order valence-electron chi connectivity index (χ0n) is 16.2. The molecule has 2 aromatic rings. The lowest BCUT2D eigenvalue weighted by Crippen LogP contribution is -2.34. The zero-order chi connectivity index (χ0) is 20.5. The number of amides is 2. The zero-order valence-corrected chi connectivity index (χ0v) is 16.2. The van der Waals surface area contributed by atoms with Crippen LogP contribution in [0.15, 0.2) is 42.5 Å². The van der Waals surface area contributed by atoms with E-state index in [0.717, 1.165) is 0 Å². The Balaban J connectivity index is 2.03. The van der Waals surface area contributed by atoms with Gasteiger partial charge in [0, 0.05) is 24.4 Å². The number of likely N-dealkylation sites (N-methyl/N-ethyl adjacent to an activating group) is 1. The van der Waals surface area contributed by atoms with Crippen LogP contribution in [-0.2, 0) is 4.79 Å². The highest BCUT2D eigenvalue weighted by molar-refractivity contribution is 5.99. The van der Waals surface area contributed by atoms with Gasteiger partial charge < -0.3 is 19.7 Å². The van der Waals surface area contributed by atoms with Gasteiger partial charge in [-0.3, -0.25) is 9.59 Å². The topological polar surface area (TPSA) is 91.7 Å². The molecule has 2 rings (SSSR count). The van der Waals surface area contributed by atoms with Crippen LogP contribution >= 0.6 is 0 Å². The van der Waals surface area contributed by atoms with E-state index >= 15 is 0 Å². The van der Waals surface area contributed by atoms with Crippen LogP contribution in [0, 0.1) is 11.3 Å². The van der Waals surface area contributed by atoms with E-state index in [0.29, 0.717) is 41.5 Å². The van der Waals surface area contributed by atoms with E-state index in [-0.39, 0.29) is 18.4 Å². The molecule has 0 aliphatic carbocycles. The summed E-state index contributed by atoms with van der Waals surface area (Å²) in [6.45, 7) is 4.59. The third kappa shape index (κ3) is 5.48. The van der Waals surface area contributed by atoms with Crippen LogP contribution in [0.2, 0.25) is 0 Å². The molecule has 146 valence electrons. The normalized spacial score (nSPS) is 9.93. The summed E-state index contributed by atoms with van der Waals surface area (Å²) in [6.07, 6.45) is 0. The summed E-state index contributed by atoms with van der Waals surface area (Å²) in [7, 11) is 1.53. The van der Waals surface area contributed by atoms with E-state index in [4.69, 9.17) is 14.7 Å². The molecule has 0 heterocycles. The minimum atomic E-state index is -0.348. The quantitative estimate of drug-likeness (QED) is 0.759. The molecule has 28 heavy (non-hydrogen) atoms. The fraction of sp³-hybridized carbons (Fsp3) is 0.286. The third-order valence-corrected chi connectivity index (χ3v) is 3.79. The number of ether oxygens (including phenoxy) is 2. The van der Waals surface area contributed by atoms with Gasteiger partial charge in [0.2, 0.25) is 5.91 Å². The molecule has 1 N–H and O–H groups in total. The summed E-state index contributed by atoms with van der Waals surface area (Å²) >= 11 is 0. The third-order valence-electron chi connectivity index (χ3n) is 3.79. The molecule has 2 amide bonds. The molecule has 2 aromatic carbocycles. The lowest BCUT2D eigenvalue weighted by Gasteiger charge is -2.17. The number of rotatable bonds is 8. The molecule has 0 bridgehead atoms. The maximum absolute atomic E-state index is 12.5. The van der Waals surface area contributed by atoms with Crippen LogP contribution in [0.1, 0.15) is 29.8 Å². The highest BCUT2D eigenvalue weighted by Gasteiger charge is 2.16. The fourth-order valence-corrected chi connectivity index (χ4v) is 2.56. The Morgan fingerprint density at radius 3 is 2.46 bits per heavy atom. The van der Waals surface area contributed by atoms with Crippen LogP contribution in [0.5, 0.6) is 11.5 Å². The second-order valence-electron chi connectivity index (χ2n) is 5.93. The summed E-state index contributed by atoms with van der Waals surface area (Å²) in [5, 5.41) is 11.7.